The Morgan fingerprint density at radius 2 is 2.10 bits per heavy atom. The number of fused-ring (bicyclic) bond motifs is 1. The van der Waals surface area contributed by atoms with E-state index in [1.165, 1.54) is 0 Å². The summed E-state index contributed by atoms with van der Waals surface area (Å²) in [6.45, 7) is 4.21. The normalized spacial score (nSPS) is 19.0. The van der Waals surface area contributed by atoms with Crippen LogP contribution in [0.3, 0.4) is 0 Å². The number of nitrogens with two attached hydrogens (primary N) is 1. The number of nitrogens with one attached hydrogen (secondary N) is 1. The maximum absolute atomic E-state index is 9.99. The molecule has 0 unspecified atom stereocenters. The number of rotatable bonds is 3. The van der Waals surface area contributed by atoms with Gasteiger partial charge < -0.3 is 10.5 Å². The van der Waals surface area contributed by atoms with Crippen molar-refractivity contribution in [1.29, 1.82) is 0 Å². The van der Waals surface area contributed by atoms with E-state index in [0.29, 0.717) is 18.2 Å². The van der Waals surface area contributed by atoms with Gasteiger partial charge in [0.05, 0.1) is 23.7 Å². The Morgan fingerprint density at radius 3 is 2.76 bits per heavy atom. The molecule has 3 heterocycles. The molecule has 1 aliphatic rings. The summed E-state index contributed by atoms with van der Waals surface area (Å²) in [5.74, 6) is 6.84. The van der Waals surface area contributed by atoms with Crippen LogP contribution in [0.2, 0.25) is 0 Å². The van der Waals surface area contributed by atoms with Crippen molar-refractivity contribution < 1.29 is 5.11 Å². The Hall–Kier alpha value is -1.77. The number of hydrogen-bond acceptors (Lipinski definition) is 7. The fraction of sp³-hybridized carbons (Fsp3) is 0.615. The van der Waals surface area contributed by atoms with E-state index in [0.717, 1.165) is 37.0 Å². The van der Waals surface area contributed by atoms with Gasteiger partial charge in [-0.3, -0.25) is 9.58 Å². The van der Waals surface area contributed by atoms with Crippen molar-refractivity contribution in [2.45, 2.75) is 31.9 Å². The highest BCUT2D eigenvalue weighted by atomic mass is 16.3. The lowest BCUT2D eigenvalue weighted by atomic mass is 9.94. The first-order valence-electron chi connectivity index (χ1n) is 7.08. The van der Waals surface area contributed by atoms with E-state index >= 15 is 0 Å². The Morgan fingerprint density at radius 1 is 1.38 bits per heavy atom. The van der Waals surface area contributed by atoms with E-state index in [-0.39, 0.29) is 0 Å². The molecule has 0 radical (unpaired) electrons. The van der Waals surface area contributed by atoms with Gasteiger partial charge in [0.15, 0.2) is 11.5 Å². The molecule has 0 spiro atoms. The first-order chi connectivity index (χ1) is 9.98. The van der Waals surface area contributed by atoms with E-state index in [2.05, 4.69) is 25.4 Å². The fourth-order valence-corrected chi connectivity index (χ4v) is 2.64. The monoisotopic (exact) mass is 291 g/mol. The average molecular weight is 291 g/mol. The van der Waals surface area contributed by atoms with Crippen LogP contribution in [0.5, 0.6) is 0 Å². The van der Waals surface area contributed by atoms with Crippen molar-refractivity contribution in [3.05, 3.63) is 12.0 Å². The highest BCUT2D eigenvalue weighted by Crippen LogP contribution is 2.23. The minimum absolute atomic E-state index is 0.548. The third kappa shape index (κ3) is 2.82. The van der Waals surface area contributed by atoms with Gasteiger partial charge in [0.1, 0.15) is 5.82 Å². The number of nitrogen functional groups attached to an aromatic ring is 1. The second-order valence-electron chi connectivity index (χ2n) is 5.91. The molecule has 0 atom stereocenters. The van der Waals surface area contributed by atoms with E-state index in [9.17, 15) is 5.11 Å². The van der Waals surface area contributed by atoms with Crippen LogP contribution >= 0.6 is 0 Å². The summed E-state index contributed by atoms with van der Waals surface area (Å²) in [7, 11) is 1.84. The van der Waals surface area contributed by atoms with E-state index in [4.69, 9.17) is 5.84 Å². The van der Waals surface area contributed by atoms with Crippen LogP contribution in [0.15, 0.2) is 6.20 Å². The Labute approximate surface area is 122 Å². The second kappa shape index (κ2) is 5.21. The third-order valence-electron chi connectivity index (χ3n) is 4.07. The van der Waals surface area contributed by atoms with Gasteiger partial charge in [0, 0.05) is 20.1 Å². The van der Waals surface area contributed by atoms with Crippen molar-refractivity contribution in [2.75, 3.05) is 18.5 Å². The fourth-order valence-electron chi connectivity index (χ4n) is 2.64. The standard InChI is InChI=1S/C13H21N7O/c1-13(21)3-5-20(6-4-13)8-10-16-11(18-14)9-7-15-19(2)12(9)17-10/h7,21H,3-6,8,14H2,1-2H3,(H,16,17,18). The molecule has 0 saturated carbocycles. The lowest BCUT2D eigenvalue weighted by Gasteiger charge is -2.35. The van der Waals surface area contributed by atoms with Crippen LogP contribution in [-0.4, -0.2) is 48.4 Å². The SMILES string of the molecule is Cn1ncc2c(NN)nc(CN3CCC(C)(O)CC3)nc21. The summed E-state index contributed by atoms with van der Waals surface area (Å²) in [5, 5.41) is 15.0. The molecule has 3 rings (SSSR count). The molecule has 1 saturated heterocycles. The molecule has 0 aromatic carbocycles. The Bertz CT molecular complexity index is 641. The second-order valence-corrected chi connectivity index (χ2v) is 5.91. The van der Waals surface area contributed by atoms with Crippen molar-refractivity contribution in [3.63, 3.8) is 0 Å². The molecule has 0 amide bonds. The van der Waals surface area contributed by atoms with Gasteiger partial charge >= 0.3 is 0 Å². The molecule has 0 bridgehead atoms. The third-order valence-corrected chi connectivity index (χ3v) is 4.07. The Balaban J connectivity index is 1.82. The van der Waals surface area contributed by atoms with Gasteiger partial charge in [-0.05, 0) is 19.8 Å². The number of piperidine rings is 1. The highest BCUT2D eigenvalue weighted by Gasteiger charge is 2.27. The zero-order valence-corrected chi connectivity index (χ0v) is 12.4. The van der Waals surface area contributed by atoms with Gasteiger partial charge in [-0.25, -0.2) is 15.8 Å². The molecule has 2 aromatic rings. The smallest absolute Gasteiger partial charge is 0.163 e. The summed E-state index contributed by atoms with van der Waals surface area (Å²) in [6, 6.07) is 0. The predicted octanol–water partition coefficient (Wildman–Crippen LogP) is -0.00430. The molecule has 114 valence electrons. The summed E-state index contributed by atoms with van der Waals surface area (Å²) in [4.78, 5) is 11.3. The number of aromatic nitrogens is 4. The van der Waals surface area contributed by atoms with Crippen molar-refractivity contribution >= 4 is 16.9 Å². The van der Waals surface area contributed by atoms with Crippen molar-refractivity contribution in [2.24, 2.45) is 12.9 Å². The number of nitrogens with zero attached hydrogens (tertiary/aromatic N) is 5. The Kier molecular flexibility index (Phi) is 3.52. The molecule has 4 N–H and O–H groups in total. The average Bonchev–Trinajstić information content (AvgIpc) is 2.82. The van der Waals surface area contributed by atoms with Gasteiger partial charge in [-0.15, -0.1) is 0 Å². The summed E-state index contributed by atoms with van der Waals surface area (Å²) < 4.78 is 1.71. The zero-order chi connectivity index (χ0) is 15.0. The number of aliphatic hydroxyl groups is 1. The summed E-state index contributed by atoms with van der Waals surface area (Å²) in [6.07, 6.45) is 3.23. The summed E-state index contributed by atoms with van der Waals surface area (Å²) >= 11 is 0. The molecule has 8 heteroatoms. The van der Waals surface area contributed by atoms with Crippen LogP contribution in [0.4, 0.5) is 5.82 Å². The molecule has 8 nitrogen and oxygen atoms in total. The van der Waals surface area contributed by atoms with Gasteiger partial charge in [0.25, 0.3) is 0 Å². The maximum atomic E-state index is 9.99. The maximum Gasteiger partial charge on any atom is 0.163 e. The number of anilines is 1. The van der Waals surface area contributed by atoms with E-state index in [1.807, 2.05) is 14.0 Å². The van der Waals surface area contributed by atoms with Crippen LogP contribution in [0.1, 0.15) is 25.6 Å². The molecule has 21 heavy (non-hydrogen) atoms. The highest BCUT2D eigenvalue weighted by molar-refractivity contribution is 5.86. The largest absolute Gasteiger partial charge is 0.390 e. The lowest BCUT2D eigenvalue weighted by molar-refractivity contribution is -0.00785. The zero-order valence-electron chi connectivity index (χ0n) is 12.4. The molecule has 1 fully saturated rings. The predicted molar refractivity (Wildman–Crippen MR) is 79.2 cm³/mol. The summed E-state index contributed by atoms with van der Waals surface area (Å²) in [5.41, 5.74) is 2.82. The van der Waals surface area contributed by atoms with Crippen LogP contribution in [0.25, 0.3) is 11.0 Å². The first-order valence-corrected chi connectivity index (χ1v) is 7.08. The first kappa shape index (κ1) is 14.2. The van der Waals surface area contributed by atoms with Gasteiger partial charge in [-0.2, -0.15) is 5.10 Å². The molecular formula is C13H21N7O. The minimum atomic E-state index is -0.548. The number of aryl methyl sites for hydroxylation is 1. The molecular weight excluding hydrogens is 270 g/mol. The van der Waals surface area contributed by atoms with Crippen molar-refractivity contribution in [3.8, 4) is 0 Å². The number of hydrazine groups is 1. The van der Waals surface area contributed by atoms with Gasteiger partial charge in [0.2, 0.25) is 0 Å². The van der Waals surface area contributed by atoms with Crippen molar-refractivity contribution in [1.82, 2.24) is 24.6 Å². The van der Waals surface area contributed by atoms with Crippen LogP contribution < -0.4 is 11.3 Å². The van der Waals surface area contributed by atoms with E-state index in [1.54, 1.807) is 10.9 Å². The van der Waals surface area contributed by atoms with Gasteiger partial charge in [-0.1, -0.05) is 0 Å². The number of likely N-dealkylation sites (tertiary alicyclic amines) is 1. The van der Waals surface area contributed by atoms with Crippen LogP contribution in [0, 0.1) is 0 Å². The van der Waals surface area contributed by atoms with Crippen LogP contribution in [-0.2, 0) is 13.6 Å². The molecule has 0 aliphatic carbocycles. The lowest BCUT2D eigenvalue weighted by Crippen LogP contribution is -2.42. The van der Waals surface area contributed by atoms with E-state index < -0.39 is 5.60 Å². The number of hydrogen-bond donors (Lipinski definition) is 3. The topological polar surface area (TPSA) is 105 Å². The molecule has 2 aromatic heterocycles. The quantitative estimate of drug-likeness (QED) is 0.540. The minimum Gasteiger partial charge on any atom is -0.390 e. The molecule has 1 aliphatic heterocycles.